The molecular formula is C20H25N3O2. The summed E-state index contributed by atoms with van der Waals surface area (Å²) in [6.07, 6.45) is 1.000. The molecule has 2 N–H and O–H groups in total. The van der Waals surface area contributed by atoms with Crippen LogP contribution in [0.1, 0.15) is 12.5 Å². The second-order valence-electron chi connectivity index (χ2n) is 6.38. The number of piperazine rings is 1. The topological polar surface area (TPSA) is 55.8 Å². The molecule has 1 amide bonds. The van der Waals surface area contributed by atoms with Crippen LogP contribution in [0.5, 0.6) is 5.75 Å². The van der Waals surface area contributed by atoms with Gasteiger partial charge in [-0.3, -0.25) is 9.69 Å². The first-order valence-electron chi connectivity index (χ1n) is 8.79. The lowest BCUT2D eigenvalue weighted by Crippen LogP contribution is -2.48. The van der Waals surface area contributed by atoms with Gasteiger partial charge in [0.1, 0.15) is 5.75 Å². The Labute approximate surface area is 148 Å². The molecule has 1 fully saturated rings. The van der Waals surface area contributed by atoms with E-state index in [1.54, 1.807) is 12.1 Å². The van der Waals surface area contributed by atoms with Crippen LogP contribution in [-0.4, -0.2) is 48.6 Å². The minimum absolute atomic E-state index is 0.0299. The number of phenolic OH excluding ortho intramolecular Hbond substituents is 1. The molecule has 5 heteroatoms. The van der Waals surface area contributed by atoms with Crippen molar-refractivity contribution in [2.45, 2.75) is 13.3 Å². The number of hydrogen-bond acceptors (Lipinski definition) is 4. The summed E-state index contributed by atoms with van der Waals surface area (Å²) >= 11 is 0. The van der Waals surface area contributed by atoms with Crippen LogP contribution in [0.15, 0.2) is 48.5 Å². The van der Waals surface area contributed by atoms with Gasteiger partial charge in [0.15, 0.2) is 0 Å². The molecule has 0 atom stereocenters. The summed E-state index contributed by atoms with van der Waals surface area (Å²) in [7, 11) is 0. The molecule has 2 aromatic rings. The van der Waals surface area contributed by atoms with Gasteiger partial charge >= 0.3 is 0 Å². The van der Waals surface area contributed by atoms with Gasteiger partial charge in [0, 0.05) is 37.6 Å². The first-order chi connectivity index (χ1) is 12.1. The Bertz CT molecular complexity index is 690. The number of benzene rings is 2. The maximum absolute atomic E-state index is 12.2. The molecule has 1 aliphatic rings. The Balaban J connectivity index is 1.46. The van der Waals surface area contributed by atoms with E-state index in [-0.39, 0.29) is 11.7 Å². The van der Waals surface area contributed by atoms with Crippen LogP contribution in [0.4, 0.5) is 11.4 Å². The molecule has 0 aromatic heterocycles. The van der Waals surface area contributed by atoms with E-state index in [2.05, 4.69) is 22.0 Å². The smallest absolute Gasteiger partial charge is 0.238 e. The Morgan fingerprint density at radius 2 is 1.64 bits per heavy atom. The number of carbonyl (C=O) groups is 1. The fourth-order valence-corrected chi connectivity index (χ4v) is 3.06. The van der Waals surface area contributed by atoms with Gasteiger partial charge in [-0.05, 0) is 48.4 Å². The van der Waals surface area contributed by atoms with Crippen molar-refractivity contribution in [3.8, 4) is 5.75 Å². The van der Waals surface area contributed by atoms with E-state index in [0.29, 0.717) is 6.54 Å². The van der Waals surface area contributed by atoms with Gasteiger partial charge in [0.05, 0.1) is 6.54 Å². The summed E-state index contributed by atoms with van der Waals surface area (Å²) in [5, 5.41) is 12.3. The van der Waals surface area contributed by atoms with Gasteiger partial charge in [0.2, 0.25) is 5.91 Å². The molecule has 0 aliphatic carbocycles. The molecule has 0 bridgehead atoms. The zero-order chi connectivity index (χ0) is 17.6. The normalized spacial score (nSPS) is 15.2. The van der Waals surface area contributed by atoms with E-state index < -0.39 is 0 Å². The molecule has 3 rings (SSSR count). The zero-order valence-corrected chi connectivity index (χ0v) is 14.6. The van der Waals surface area contributed by atoms with Gasteiger partial charge in [-0.15, -0.1) is 0 Å². The van der Waals surface area contributed by atoms with Crippen LogP contribution in [-0.2, 0) is 11.2 Å². The van der Waals surface area contributed by atoms with E-state index in [0.717, 1.165) is 44.0 Å². The largest absolute Gasteiger partial charge is 0.508 e. The van der Waals surface area contributed by atoms with E-state index in [1.165, 1.54) is 5.56 Å². The van der Waals surface area contributed by atoms with Crippen molar-refractivity contribution in [1.82, 2.24) is 4.90 Å². The summed E-state index contributed by atoms with van der Waals surface area (Å²) in [5.74, 6) is 0.313. The molecule has 0 radical (unpaired) electrons. The number of nitrogens with one attached hydrogen (secondary N) is 1. The molecular weight excluding hydrogens is 314 g/mol. The summed E-state index contributed by atoms with van der Waals surface area (Å²) in [6.45, 7) is 5.99. The highest BCUT2D eigenvalue weighted by Gasteiger charge is 2.19. The quantitative estimate of drug-likeness (QED) is 0.879. The molecule has 132 valence electrons. The fraction of sp³-hybridized carbons (Fsp3) is 0.350. The van der Waals surface area contributed by atoms with Crippen LogP contribution in [0.2, 0.25) is 0 Å². The average molecular weight is 339 g/mol. The van der Waals surface area contributed by atoms with Crippen LogP contribution in [0, 0.1) is 0 Å². The lowest BCUT2D eigenvalue weighted by molar-refractivity contribution is -0.117. The maximum Gasteiger partial charge on any atom is 0.238 e. The highest BCUT2D eigenvalue weighted by Crippen LogP contribution is 2.19. The molecule has 0 spiro atoms. The number of phenols is 1. The maximum atomic E-state index is 12.2. The Morgan fingerprint density at radius 3 is 2.24 bits per heavy atom. The van der Waals surface area contributed by atoms with Gasteiger partial charge in [0.25, 0.3) is 0 Å². The van der Waals surface area contributed by atoms with Crippen molar-refractivity contribution in [3.63, 3.8) is 0 Å². The number of aryl methyl sites for hydroxylation is 1. The molecule has 0 saturated carbocycles. The second-order valence-corrected chi connectivity index (χ2v) is 6.38. The minimum Gasteiger partial charge on any atom is -0.508 e. The van der Waals surface area contributed by atoms with Crippen molar-refractivity contribution >= 4 is 17.3 Å². The fourth-order valence-electron chi connectivity index (χ4n) is 3.06. The van der Waals surface area contributed by atoms with E-state index >= 15 is 0 Å². The molecule has 1 saturated heterocycles. The van der Waals surface area contributed by atoms with Gasteiger partial charge < -0.3 is 15.3 Å². The first-order valence-corrected chi connectivity index (χ1v) is 8.79. The zero-order valence-electron chi connectivity index (χ0n) is 14.6. The van der Waals surface area contributed by atoms with Crippen LogP contribution < -0.4 is 10.2 Å². The predicted molar refractivity (Wildman–Crippen MR) is 101 cm³/mol. The molecule has 1 aliphatic heterocycles. The first kappa shape index (κ1) is 17.3. The van der Waals surface area contributed by atoms with Crippen molar-refractivity contribution in [2.75, 3.05) is 42.9 Å². The van der Waals surface area contributed by atoms with Crippen LogP contribution in [0.3, 0.4) is 0 Å². The van der Waals surface area contributed by atoms with Crippen molar-refractivity contribution in [3.05, 3.63) is 54.1 Å². The third-order valence-electron chi connectivity index (χ3n) is 4.60. The Kier molecular flexibility index (Phi) is 5.56. The van der Waals surface area contributed by atoms with E-state index in [4.69, 9.17) is 0 Å². The second kappa shape index (κ2) is 8.03. The number of nitrogens with zero attached hydrogens (tertiary/aromatic N) is 2. The third-order valence-corrected chi connectivity index (χ3v) is 4.60. The summed E-state index contributed by atoms with van der Waals surface area (Å²) < 4.78 is 0. The standard InChI is InChI=1S/C20H25N3O2/c1-2-16-3-5-17(6-4-16)21-20(25)15-22-11-13-23(14-12-22)18-7-9-19(24)10-8-18/h3-10,24H,2,11-15H2,1H3,(H,21,25). The van der Waals surface area contributed by atoms with E-state index in [1.807, 2.05) is 36.4 Å². The Morgan fingerprint density at radius 1 is 1.00 bits per heavy atom. The number of rotatable bonds is 5. The van der Waals surface area contributed by atoms with Crippen LogP contribution in [0.25, 0.3) is 0 Å². The van der Waals surface area contributed by atoms with Crippen LogP contribution >= 0.6 is 0 Å². The minimum atomic E-state index is 0.0299. The molecule has 2 aromatic carbocycles. The van der Waals surface area contributed by atoms with Gasteiger partial charge in [-0.1, -0.05) is 19.1 Å². The lowest BCUT2D eigenvalue weighted by Gasteiger charge is -2.35. The van der Waals surface area contributed by atoms with Crippen molar-refractivity contribution in [1.29, 1.82) is 0 Å². The highest BCUT2D eigenvalue weighted by molar-refractivity contribution is 5.92. The number of carbonyl (C=O) groups excluding carboxylic acids is 1. The molecule has 0 unspecified atom stereocenters. The monoisotopic (exact) mass is 339 g/mol. The molecule has 5 nitrogen and oxygen atoms in total. The van der Waals surface area contributed by atoms with Gasteiger partial charge in [-0.2, -0.15) is 0 Å². The number of hydrogen-bond donors (Lipinski definition) is 2. The van der Waals surface area contributed by atoms with E-state index in [9.17, 15) is 9.90 Å². The number of aromatic hydroxyl groups is 1. The SMILES string of the molecule is CCc1ccc(NC(=O)CN2CCN(c3ccc(O)cc3)CC2)cc1. The van der Waals surface area contributed by atoms with Gasteiger partial charge in [-0.25, -0.2) is 0 Å². The Hall–Kier alpha value is -2.53. The third kappa shape index (κ3) is 4.73. The molecule has 1 heterocycles. The highest BCUT2D eigenvalue weighted by atomic mass is 16.3. The summed E-state index contributed by atoms with van der Waals surface area (Å²) in [5.41, 5.74) is 3.23. The summed E-state index contributed by atoms with van der Waals surface area (Å²) in [4.78, 5) is 16.7. The average Bonchev–Trinajstić information content (AvgIpc) is 2.64. The number of amides is 1. The van der Waals surface area contributed by atoms with Crippen molar-refractivity contribution in [2.24, 2.45) is 0 Å². The van der Waals surface area contributed by atoms with Crippen molar-refractivity contribution < 1.29 is 9.90 Å². The molecule has 25 heavy (non-hydrogen) atoms. The predicted octanol–water partition coefficient (Wildman–Crippen LogP) is 2.72. The number of anilines is 2. The lowest BCUT2D eigenvalue weighted by atomic mass is 10.1. The summed E-state index contributed by atoms with van der Waals surface area (Å²) in [6, 6.07) is 15.3.